The van der Waals surface area contributed by atoms with Gasteiger partial charge in [0.2, 0.25) is 5.91 Å². The number of hydrogen-bond donors (Lipinski definition) is 0. The Bertz CT molecular complexity index is 609. The molecule has 0 aliphatic carbocycles. The highest BCUT2D eigenvalue weighted by molar-refractivity contribution is 5.79. The van der Waals surface area contributed by atoms with Crippen LogP contribution in [0.15, 0.2) is 54.6 Å². The molecule has 0 saturated carbocycles. The summed E-state index contributed by atoms with van der Waals surface area (Å²) in [5.41, 5.74) is 2.17. The first-order valence-corrected chi connectivity index (χ1v) is 7.29. The second-order valence-corrected chi connectivity index (χ2v) is 5.54. The molecule has 108 valence electrons. The number of carbonyl (C=O) groups excluding carboxylic acids is 1. The van der Waals surface area contributed by atoms with E-state index < -0.39 is 0 Å². The maximum atomic E-state index is 12.9. The molecule has 1 atom stereocenters. The molecule has 1 heterocycles. The number of hydrogen-bond acceptors (Lipinski definition) is 1. The van der Waals surface area contributed by atoms with Crippen molar-refractivity contribution in [3.05, 3.63) is 71.5 Å². The third kappa shape index (κ3) is 3.30. The molecule has 2 aromatic carbocycles. The van der Waals surface area contributed by atoms with Crippen LogP contribution in [0.25, 0.3) is 0 Å². The van der Waals surface area contributed by atoms with Crippen molar-refractivity contribution in [1.82, 2.24) is 4.90 Å². The van der Waals surface area contributed by atoms with Crippen LogP contribution in [0.1, 0.15) is 23.5 Å². The summed E-state index contributed by atoms with van der Waals surface area (Å²) in [6, 6.07) is 16.5. The maximum Gasteiger partial charge on any atom is 0.227 e. The summed E-state index contributed by atoms with van der Waals surface area (Å²) >= 11 is 0. The fraction of sp³-hybridized carbons (Fsp3) is 0.278. The van der Waals surface area contributed by atoms with E-state index in [9.17, 15) is 9.18 Å². The lowest BCUT2D eigenvalue weighted by molar-refractivity contribution is -0.129. The molecule has 0 bridgehead atoms. The standard InChI is InChI=1S/C18H18FNO/c19-17-8-6-14(7-9-17)12-18(21)20-11-10-16(13-20)15-4-2-1-3-5-15/h1-9,16H,10-13H2/t16-/m1/s1. The lowest BCUT2D eigenvalue weighted by Crippen LogP contribution is -2.29. The number of amides is 1. The first-order valence-electron chi connectivity index (χ1n) is 7.29. The van der Waals surface area contributed by atoms with E-state index in [4.69, 9.17) is 0 Å². The quantitative estimate of drug-likeness (QED) is 0.845. The highest BCUT2D eigenvalue weighted by atomic mass is 19.1. The lowest BCUT2D eigenvalue weighted by atomic mass is 9.99. The normalized spacial score (nSPS) is 18.0. The van der Waals surface area contributed by atoms with Gasteiger partial charge in [-0.05, 0) is 29.7 Å². The Labute approximate surface area is 124 Å². The summed E-state index contributed by atoms with van der Waals surface area (Å²) in [4.78, 5) is 14.2. The number of likely N-dealkylation sites (tertiary alicyclic amines) is 1. The van der Waals surface area contributed by atoms with E-state index in [2.05, 4.69) is 12.1 Å². The van der Waals surface area contributed by atoms with Gasteiger partial charge < -0.3 is 4.90 Å². The minimum absolute atomic E-state index is 0.125. The molecular weight excluding hydrogens is 265 g/mol. The first-order chi connectivity index (χ1) is 10.2. The van der Waals surface area contributed by atoms with E-state index in [0.29, 0.717) is 12.3 Å². The molecule has 0 N–H and O–H groups in total. The van der Waals surface area contributed by atoms with Crippen molar-refractivity contribution in [2.45, 2.75) is 18.8 Å². The molecule has 21 heavy (non-hydrogen) atoms. The average Bonchev–Trinajstić information content (AvgIpc) is 3.00. The molecule has 1 fully saturated rings. The largest absolute Gasteiger partial charge is 0.342 e. The van der Waals surface area contributed by atoms with Crippen LogP contribution in [0.4, 0.5) is 4.39 Å². The van der Waals surface area contributed by atoms with E-state index in [1.54, 1.807) is 12.1 Å². The summed E-state index contributed by atoms with van der Waals surface area (Å²) in [6.07, 6.45) is 1.36. The van der Waals surface area contributed by atoms with Crippen LogP contribution < -0.4 is 0 Å². The molecule has 1 aliphatic heterocycles. The number of carbonyl (C=O) groups is 1. The van der Waals surface area contributed by atoms with Gasteiger partial charge in [0.15, 0.2) is 0 Å². The highest BCUT2D eigenvalue weighted by Gasteiger charge is 2.26. The van der Waals surface area contributed by atoms with Crippen LogP contribution >= 0.6 is 0 Å². The molecule has 2 nitrogen and oxygen atoms in total. The van der Waals surface area contributed by atoms with Gasteiger partial charge in [0.05, 0.1) is 6.42 Å². The third-order valence-corrected chi connectivity index (χ3v) is 4.08. The topological polar surface area (TPSA) is 20.3 Å². The Morgan fingerprint density at radius 2 is 1.81 bits per heavy atom. The van der Waals surface area contributed by atoms with Crippen molar-refractivity contribution in [2.24, 2.45) is 0 Å². The molecule has 1 saturated heterocycles. The Morgan fingerprint density at radius 3 is 2.52 bits per heavy atom. The molecule has 2 aromatic rings. The summed E-state index contributed by atoms with van der Waals surface area (Å²) in [7, 11) is 0. The van der Waals surface area contributed by atoms with Crippen LogP contribution in [-0.4, -0.2) is 23.9 Å². The predicted molar refractivity (Wildman–Crippen MR) is 80.5 cm³/mol. The molecule has 0 spiro atoms. The van der Waals surface area contributed by atoms with Gasteiger partial charge >= 0.3 is 0 Å². The summed E-state index contributed by atoms with van der Waals surface area (Å²) < 4.78 is 12.9. The zero-order valence-corrected chi connectivity index (χ0v) is 11.8. The molecule has 0 unspecified atom stereocenters. The zero-order chi connectivity index (χ0) is 14.7. The fourth-order valence-electron chi connectivity index (χ4n) is 2.87. The van der Waals surface area contributed by atoms with Crippen molar-refractivity contribution >= 4 is 5.91 Å². The fourth-order valence-corrected chi connectivity index (χ4v) is 2.87. The Kier molecular flexibility index (Phi) is 4.00. The molecule has 0 radical (unpaired) electrons. The number of benzene rings is 2. The third-order valence-electron chi connectivity index (χ3n) is 4.08. The first kappa shape index (κ1) is 13.8. The lowest BCUT2D eigenvalue weighted by Gasteiger charge is -2.17. The van der Waals surface area contributed by atoms with Gasteiger partial charge in [0.25, 0.3) is 0 Å². The van der Waals surface area contributed by atoms with Gasteiger partial charge in [0.1, 0.15) is 5.82 Å². The predicted octanol–water partition coefficient (Wildman–Crippen LogP) is 3.38. The van der Waals surface area contributed by atoms with E-state index in [1.807, 2.05) is 23.1 Å². The molecular formula is C18H18FNO. The van der Waals surface area contributed by atoms with E-state index in [-0.39, 0.29) is 11.7 Å². The smallest absolute Gasteiger partial charge is 0.227 e. The van der Waals surface area contributed by atoms with E-state index in [0.717, 1.165) is 25.1 Å². The van der Waals surface area contributed by atoms with Crippen molar-refractivity contribution in [3.63, 3.8) is 0 Å². The molecule has 3 rings (SSSR count). The Morgan fingerprint density at radius 1 is 1.10 bits per heavy atom. The number of rotatable bonds is 3. The molecule has 3 heteroatoms. The van der Waals surface area contributed by atoms with Gasteiger partial charge in [-0.3, -0.25) is 4.79 Å². The summed E-state index contributed by atoms with van der Waals surface area (Å²) in [5.74, 6) is 0.292. The monoisotopic (exact) mass is 283 g/mol. The van der Waals surface area contributed by atoms with E-state index in [1.165, 1.54) is 17.7 Å². The molecule has 1 aliphatic rings. The number of halogens is 1. The Hall–Kier alpha value is -2.16. The summed E-state index contributed by atoms with van der Waals surface area (Å²) in [6.45, 7) is 1.59. The second kappa shape index (κ2) is 6.08. The van der Waals surface area contributed by atoms with Crippen LogP contribution in [0.3, 0.4) is 0 Å². The Balaban J connectivity index is 1.61. The van der Waals surface area contributed by atoms with Gasteiger partial charge in [-0.2, -0.15) is 0 Å². The summed E-state index contributed by atoms with van der Waals surface area (Å²) in [5, 5.41) is 0. The van der Waals surface area contributed by atoms with Gasteiger partial charge in [-0.1, -0.05) is 42.5 Å². The van der Waals surface area contributed by atoms with Gasteiger partial charge in [-0.25, -0.2) is 4.39 Å². The minimum atomic E-state index is -0.267. The zero-order valence-electron chi connectivity index (χ0n) is 11.8. The van der Waals surface area contributed by atoms with Crippen molar-refractivity contribution in [2.75, 3.05) is 13.1 Å². The second-order valence-electron chi connectivity index (χ2n) is 5.54. The van der Waals surface area contributed by atoms with Crippen molar-refractivity contribution < 1.29 is 9.18 Å². The van der Waals surface area contributed by atoms with Crippen LogP contribution in [0, 0.1) is 5.82 Å². The minimum Gasteiger partial charge on any atom is -0.342 e. The van der Waals surface area contributed by atoms with E-state index >= 15 is 0 Å². The van der Waals surface area contributed by atoms with Gasteiger partial charge in [0, 0.05) is 19.0 Å². The van der Waals surface area contributed by atoms with Crippen LogP contribution in [-0.2, 0) is 11.2 Å². The maximum absolute atomic E-state index is 12.9. The van der Waals surface area contributed by atoms with Crippen LogP contribution in [0.5, 0.6) is 0 Å². The van der Waals surface area contributed by atoms with Crippen molar-refractivity contribution in [1.29, 1.82) is 0 Å². The van der Waals surface area contributed by atoms with Gasteiger partial charge in [-0.15, -0.1) is 0 Å². The van der Waals surface area contributed by atoms with Crippen LogP contribution in [0.2, 0.25) is 0 Å². The van der Waals surface area contributed by atoms with Crippen molar-refractivity contribution in [3.8, 4) is 0 Å². The average molecular weight is 283 g/mol. The molecule has 1 amide bonds. The molecule has 0 aromatic heterocycles. The SMILES string of the molecule is O=C(Cc1ccc(F)cc1)N1CC[C@@H](c2ccccc2)C1. The number of nitrogens with zero attached hydrogens (tertiary/aromatic N) is 1. The highest BCUT2D eigenvalue weighted by Crippen LogP contribution is 2.27.